The summed E-state index contributed by atoms with van der Waals surface area (Å²) in [6.07, 6.45) is -22.5. The Morgan fingerprint density at radius 3 is 1.57 bits per heavy atom. The molecular formula is C20H35NO16. The van der Waals surface area contributed by atoms with Gasteiger partial charge in [0, 0.05) is 6.92 Å². The van der Waals surface area contributed by atoms with Crippen molar-refractivity contribution in [2.45, 2.75) is 99.0 Å². The van der Waals surface area contributed by atoms with E-state index in [1.807, 2.05) is 0 Å². The molecule has 3 heterocycles. The first kappa shape index (κ1) is 30.4. The average Bonchev–Trinajstić information content (AvgIpc) is 2.86. The van der Waals surface area contributed by atoms with Gasteiger partial charge in [0.15, 0.2) is 18.9 Å². The van der Waals surface area contributed by atoms with Crippen LogP contribution in [-0.2, 0) is 28.5 Å². The van der Waals surface area contributed by atoms with E-state index < -0.39 is 118 Å². The van der Waals surface area contributed by atoms with Crippen molar-refractivity contribution < 1.29 is 79.5 Å². The summed E-state index contributed by atoms with van der Waals surface area (Å²) in [5.41, 5.74) is 0. The summed E-state index contributed by atoms with van der Waals surface area (Å²) in [5, 5.41) is 103. The maximum atomic E-state index is 11.2. The van der Waals surface area contributed by atoms with Gasteiger partial charge in [0.2, 0.25) is 5.91 Å². The van der Waals surface area contributed by atoms with Gasteiger partial charge in [0.1, 0.15) is 73.2 Å². The molecule has 1 amide bonds. The second-order valence-corrected chi connectivity index (χ2v) is 9.15. The van der Waals surface area contributed by atoms with E-state index in [0.29, 0.717) is 0 Å². The number of carbonyl (C=O) groups excluding carboxylic acids is 1. The number of rotatable bonds is 8. The smallest absolute Gasteiger partial charge is 0.217 e. The van der Waals surface area contributed by atoms with E-state index >= 15 is 0 Å². The number of nitrogens with one attached hydrogen (secondary N) is 1. The van der Waals surface area contributed by atoms with E-state index in [9.17, 15) is 55.9 Å². The van der Waals surface area contributed by atoms with E-state index in [1.54, 1.807) is 0 Å². The van der Waals surface area contributed by atoms with Gasteiger partial charge in [-0.3, -0.25) is 4.79 Å². The van der Waals surface area contributed by atoms with Crippen LogP contribution in [0.5, 0.6) is 0 Å². The maximum Gasteiger partial charge on any atom is 0.217 e. The molecular weight excluding hydrogens is 510 g/mol. The number of aliphatic hydroxyl groups excluding tert-OH is 10. The van der Waals surface area contributed by atoms with Crippen molar-refractivity contribution in [2.75, 3.05) is 19.8 Å². The molecule has 0 aliphatic carbocycles. The van der Waals surface area contributed by atoms with E-state index in [4.69, 9.17) is 23.7 Å². The number of aliphatic hydroxyl groups is 10. The summed E-state index contributed by atoms with van der Waals surface area (Å²) < 4.78 is 26.5. The highest BCUT2D eigenvalue weighted by atomic mass is 16.7. The molecule has 0 saturated carbocycles. The van der Waals surface area contributed by atoms with Crippen molar-refractivity contribution in [3.63, 3.8) is 0 Å². The largest absolute Gasteiger partial charge is 0.394 e. The molecule has 3 rings (SSSR count). The highest BCUT2D eigenvalue weighted by Gasteiger charge is 2.49. The zero-order valence-electron chi connectivity index (χ0n) is 19.7. The Labute approximate surface area is 210 Å². The fourth-order valence-corrected chi connectivity index (χ4v) is 4.25. The molecule has 0 aromatic rings. The van der Waals surface area contributed by atoms with Crippen LogP contribution in [0.1, 0.15) is 6.92 Å². The summed E-state index contributed by atoms with van der Waals surface area (Å²) in [7, 11) is 0. The van der Waals surface area contributed by atoms with Gasteiger partial charge in [0.25, 0.3) is 0 Å². The van der Waals surface area contributed by atoms with E-state index in [1.165, 1.54) is 0 Å². The Balaban J connectivity index is 1.58. The monoisotopic (exact) mass is 545 g/mol. The summed E-state index contributed by atoms with van der Waals surface area (Å²) in [6, 6.07) is -1.32. The molecule has 17 heteroatoms. The van der Waals surface area contributed by atoms with Crippen molar-refractivity contribution in [3.8, 4) is 0 Å². The number of hydrogen-bond donors (Lipinski definition) is 11. The van der Waals surface area contributed by atoms with Gasteiger partial charge in [-0.15, -0.1) is 0 Å². The average molecular weight is 545 g/mol. The lowest BCUT2D eigenvalue weighted by Crippen LogP contribution is -2.65. The quantitative estimate of drug-likeness (QED) is 0.135. The van der Waals surface area contributed by atoms with Crippen LogP contribution in [0.15, 0.2) is 0 Å². The summed E-state index contributed by atoms with van der Waals surface area (Å²) in [6.45, 7) is -0.711. The Hall–Kier alpha value is -1.13. The van der Waals surface area contributed by atoms with Gasteiger partial charge in [-0.25, -0.2) is 0 Å². The fraction of sp³-hybridized carbons (Fsp3) is 0.950. The highest BCUT2D eigenvalue weighted by molar-refractivity contribution is 5.73. The third kappa shape index (κ3) is 6.72. The van der Waals surface area contributed by atoms with Crippen LogP contribution in [0.4, 0.5) is 0 Å². The second-order valence-electron chi connectivity index (χ2n) is 9.15. The van der Waals surface area contributed by atoms with Crippen molar-refractivity contribution in [3.05, 3.63) is 0 Å². The normalized spacial score (nSPS) is 49.0. The SMILES string of the molecule is CC(=O)NC1C(O)OC(COC2OC(COC3OC(CO)C(O)C(O)C3O)C(O)C(O)C2O)C(O)C1O. The molecule has 15 atom stereocenters. The van der Waals surface area contributed by atoms with E-state index in [-0.39, 0.29) is 0 Å². The van der Waals surface area contributed by atoms with Crippen molar-refractivity contribution in [1.29, 1.82) is 0 Å². The summed E-state index contributed by atoms with van der Waals surface area (Å²) >= 11 is 0. The molecule has 11 N–H and O–H groups in total. The van der Waals surface area contributed by atoms with Crippen LogP contribution in [0.25, 0.3) is 0 Å². The number of hydrogen-bond acceptors (Lipinski definition) is 16. The molecule has 17 nitrogen and oxygen atoms in total. The predicted molar refractivity (Wildman–Crippen MR) is 113 cm³/mol. The van der Waals surface area contributed by atoms with Gasteiger partial charge in [-0.05, 0) is 0 Å². The molecule has 3 aliphatic heterocycles. The van der Waals surface area contributed by atoms with Crippen LogP contribution in [0.3, 0.4) is 0 Å². The van der Waals surface area contributed by atoms with Crippen LogP contribution in [0, 0.1) is 0 Å². The van der Waals surface area contributed by atoms with Crippen LogP contribution < -0.4 is 5.32 Å². The zero-order chi connectivity index (χ0) is 27.6. The zero-order valence-corrected chi connectivity index (χ0v) is 19.7. The van der Waals surface area contributed by atoms with E-state index in [0.717, 1.165) is 6.92 Å². The van der Waals surface area contributed by atoms with Gasteiger partial charge in [-0.1, -0.05) is 0 Å². The third-order valence-electron chi connectivity index (χ3n) is 6.46. The minimum Gasteiger partial charge on any atom is -0.394 e. The minimum atomic E-state index is -1.81. The topological polar surface area (TPSA) is 278 Å². The number of amides is 1. The van der Waals surface area contributed by atoms with Gasteiger partial charge in [0.05, 0.1) is 19.8 Å². The standard InChI is InChI=1S/C20H35NO16/c1-5(23)21-9-13(27)11(25)7(35-18(9)32)3-33-20-17(31)15(29)12(26)8(37-20)4-34-19-16(30)14(28)10(24)6(2-22)36-19/h6-20,22,24-32H,2-4H2,1H3,(H,21,23). The highest BCUT2D eigenvalue weighted by Crippen LogP contribution is 2.27. The first-order chi connectivity index (χ1) is 17.4. The molecule has 0 aromatic heterocycles. The van der Waals surface area contributed by atoms with Crippen molar-refractivity contribution in [1.82, 2.24) is 5.32 Å². The Morgan fingerprint density at radius 2 is 1.08 bits per heavy atom. The summed E-state index contributed by atoms with van der Waals surface area (Å²) in [4.78, 5) is 11.2. The molecule has 0 radical (unpaired) electrons. The molecule has 3 saturated heterocycles. The lowest BCUT2D eigenvalue weighted by Gasteiger charge is -2.44. The fourth-order valence-electron chi connectivity index (χ4n) is 4.25. The summed E-state index contributed by atoms with van der Waals surface area (Å²) in [5.74, 6) is -0.586. The van der Waals surface area contributed by atoms with Crippen molar-refractivity contribution >= 4 is 5.91 Å². The molecule has 0 bridgehead atoms. The number of ether oxygens (including phenoxy) is 5. The molecule has 15 unspecified atom stereocenters. The molecule has 216 valence electrons. The Morgan fingerprint density at radius 1 is 0.649 bits per heavy atom. The van der Waals surface area contributed by atoms with Crippen LogP contribution in [-0.4, -0.2) is 169 Å². The van der Waals surface area contributed by atoms with E-state index in [2.05, 4.69) is 5.32 Å². The molecule has 37 heavy (non-hydrogen) atoms. The van der Waals surface area contributed by atoms with Gasteiger partial charge >= 0.3 is 0 Å². The Kier molecular flexibility index (Phi) is 10.5. The molecule has 0 spiro atoms. The first-order valence-electron chi connectivity index (χ1n) is 11.6. The molecule has 0 aromatic carbocycles. The lowest BCUT2D eigenvalue weighted by atomic mass is 9.96. The molecule has 3 aliphatic rings. The first-order valence-corrected chi connectivity index (χ1v) is 11.6. The van der Waals surface area contributed by atoms with Crippen LogP contribution in [0.2, 0.25) is 0 Å². The molecule has 3 fully saturated rings. The lowest BCUT2D eigenvalue weighted by molar-refractivity contribution is -0.337. The van der Waals surface area contributed by atoms with Crippen molar-refractivity contribution in [2.24, 2.45) is 0 Å². The van der Waals surface area contributed by atoms with Gasteiger partial charge < -0.3 is 80.1 Å². The second kappa shape index (κ2) is 12.8. The predicted octanol–water partition coefficient (Wildman–Crippen LogP) is -7.43. The minimum absolute atomic E-state index is 0.576. The van der Waals surface area contributed by atoms with Gasteiger partial charge in [-0.2, -0.15) is 0 Å². The third-order valence-corrected chi connectivity index (χ3v) is 6.46. The Bertz CT molecular complexity index is 745. The van der Waals surface area contributed by atoms with Crippen LogP contribution >= 0.6 is 0 Å². The maximum absolute atomic E-state index is 11.2. The number of carbonyl (C=O) groups is 1.